The molecular weight excluding hydrogens is 266 g/mol. The Bertz CT molecular complexity index is 451. The zero-order valence-corrected chi connectivity index (χ0v) is 11.1. The summed E-state index contributed by atoms with van der Waals surface area (Å²) in [5, 5.41) is 9.08. The van der Waals surface area contributed by atoms with Crippen LogP contribution in [0.15, 0.2) is 30.3 Å². The highest BCUT2D eigenvalue weighted by Gasteiger charge is 2.33. The summed E-state index contributed by atoms with van der Waals surface area (Å²) >= 11 is 1.54. The minimum absolute atomic E-state index is 0.162. The van der Waals surface area contributed by atoms with Crippen LogP contribution in [0.1, 0.15) is 5.56 Å². The number of amides is 1. The Balaban J connectivity index is 1.93. The molecule has 1 unspecified atom stereocenters. The Morgan fingerprint density at radius 1 is 1.37 bits per heavy atom. The van der Waals surface area contributed by atoms with Crippen LogP contribution in [0.4, 0.5) is 4.79 Å². The van der Waals surface area contributed by atoms with Gasteiger partial charge in [-0.3, -0.25) is 4.90 Å². The molecule has 102 valence electrons. The summed E-state index contributed by atoms with van der Waals surface area (Å²) in [6.07, 6.45) is -0.559. The second-order valence-electron chi connectivity index (χ2n) is 4.16. The van der Waals surface area contributed by atoms with Crippen molar-refractivity contribution in [2.24, 2.45) is 0 Å². The molecule has 1 aromatic rings. The van der Waals surface area contributed by atoms with Gasteiger partial charge in [-0.15, -0.1) is 0 Å². The molecule has 0 aliphatic carbocycles. The molecule has 1 atom stereocenters. The van der Waals surface area contributed by atoms with E-state index in [1.165, 1.54) is 16.7 Å². The highest BCUT2D eigenvalue weighted by atomic mass is 32.2. The summed E-state index contributed by atoms with van der Waals surface area (Å²) in [6, 6.07) is 8.53. The fraction of sp³-hybridized carbons (Fsp3) is 0.385. The van der Waals surface area contributed by atoms with Gasteiger partial charge in [0.05, 0.1) is 0 Å². The third kappa shape index (κ3) is 3.64. The van der Waals surface area contributed by atoms with Crippen LogP contribution in [-0.4, -0.2) is 46.2 Å². The van der Waals surface area contributed by atoms with E-state index in [0.717, 1.165) is 11.3 Å². The van der Waals surface area contributed by atoms with Gasteiger partial charge < -0.3 is 9.84 Å². The zero-order valence-electron chi connectivity index (χ0n) is 10.3. The molecule has 1 heterocycles. The Morgan fingerprint density at radius 2 is 2.11 bits per heavy atom. The smallest absolute Gasteiger partial charge is 0.410 e. The van der Waals surface area contributed by atoms with Crippen molar-refractivity contribution in [3.05, 3.63) is 35.9 Å². The fourth-order valence-corrected chi connectivity index (χ4v) is 2.87. The Kier molecular flexibility index (Phi) is 4.68. The molecule has 2 rings (SSSR count). The Morgan fingerprint density at radius 3 is 2.79 bits per heavy atom. The van der Waals surface area contributed by atoms with Gasteiger partial charge in [0.15, 0.2) is 0 Å². The molecule has 6 heteroatoms. The van der Waals surface area contributed by atoms with Crippen molar-refractivity contribution in [1.82, 2.24) is 4.90 Å². The SMILES string of the molecule is O=C(O)C1CSCCN1C(=O)OCc1ccccc1. The summed E-state index contributed by atoms with van der Waals surface area (Å²) in [6.45, 7) is 0.574. The average Bonchev–Trinajstić information content (AvgIpc) is 2.46. The van der Waals surface area contributed by atoms with E-state index in [0.29, 0.717) is 12.3 Å². The van der Waals surface area contributed by atoms with Crippen LogP contribution < -0.4 is 0 Å². The molecule has 0 bridgehead atoms. The number of aliphatic carboxylic acids is 1. The molecule has 1 aliphatic rings. The van der Waals surface area contributed by atoms with Gasteiger partial charge in [0.2, 0.25) is 0 Å². The van der Waals surface area contributed by atoms with Crippen LogP contribution in [0.25, 0.3) is 0 Å². The number of hydrogen-bond donors (Lipinski definition) is 1. The third-order valence-corrected chi connectivity index (χ3v) is 3.88. The van der Waals surface area contributed by atoms with Gasteiger partial charge in [-0.2, -0.15) is 11.8 Å². The molecule has 5 nitrogen and oxygen atoms in total. The molecular formula is C13H15NO4S. The lowest BCUT2D eigenvalue weighted by Crippen LogP contribution is -2.50. The van der Waals surface area contributed by atoms with Crippen molar-refractivity contribution in [2.75, 3.05) is 18.1 Å². The van der Waals surface area contributed by atoms with E-state index in [4.69, 9.17) is 9.84 Å². The Hall–Kier alpha value is -1.69. The summed E-state index contributed by atoms with van der Waals surface area (Å²) in [4.78, 5) is 24.3. The minimum atomic E-state index is -0.983. The first-order valence-electron chi connectivity index (χ1n) is 5.96. The van der Waals surface area contributed by atoms with Gasteiger partial charge in [0, 0.05) is 18.1 Å². The van der Waals surface area contributed by atoms with E-state index in [1.54, 1.807) is 0 Å². The predicted octanol–water partition coefficient (Wildman–Crippen LogP) is 1.83. The maximum atomic E-state index is 11.9. The van der Waals surface area contributed by atoms with E-state index in [1.807, 2.05) is 30.3 Å². The molecule has 0 saturated carbocycles. The van der Waals surface area contributed by atoms with Crippen LogP contribution in [0.3, 0.4) is 0 Å². The standard InChI is InChI=1S/C13H15NO4S/c15-12(16)11-9-19-7-6-14(11)13(17)18-8-10-4-2-1-3-5-10/h1-5,11H,6-9H2,(H,15,16). The lowest BCUT2D eigenvalue weighted by Gasteiger charge is -2.31. The predicted molar refractivity (Wildman–Crippen MR) is 72.1 cm³/mol. The molecule has 1 aliphatic heterocycles. The van der Waals surface area contributed by atoms with Gasteiger partial charge in [-0.25, -0.2) is 9.59 Å². The number of thioether (sulfide) groups is 1. The molecule has 1 amide bonds. The van der Waals surface area contributed by atoms with E-state index in [9.17, 15) is 9.59 Å². The molecule has 0 spiro atoms. The molecule has 1 fully saturated rings. The van der Waals surface area contributed by atoms with Crippen LogP contribution in [0.2, 0.25) is 0 Å². The number of hydrogen-bond acceptors (Lipinski definition) is 4. The van der Waals surface area contributed by atoms with E-state index < -0.39 is 18.1 Å². The fourth-order valence-electron chi connectivity index (χ4n) is 1.83. The monoisotopic (exact) mass is 281 g/mol. The van der Waals surface area contributed by atoms with Crippen LogP contribution >= 0.6 is 11.8 Å². The number of rotatable bonds is 3. The van der Waals surface area contributed by atoms with Crippen LogP contribution in [-0.2, 0) is 16.1 Å². The van der Waals surface area contributed by atoms with Gasteiger partial charge in [0.1, 0.15) is 12.6 Å². The van der Waals surface area contributed by atoms with Crippen LogP contribution in [0.5, 0.6) is 0 Å². The summed E-state index contributed by atoms with van der Waals surface area (Å²) in [5.41, 5.74) is 0.883. The van der Waals surface area contributed by atoms with E-state index >= 15 is 0 Å². The quantitative estimate of drug-likeness (QED) is 0.915. The highest BCUT2D eigenvalue weighted by Crippen LogP contribution is 2.18. The van der Waals surface area contributed by atoms with Crippen molar-refractivity contribution < 1.29 is 19.4 Å². The summed E-state index contributed by atoms with van der Waals surface area (Å²) in [7, 11) is 0. The molecule has 0 radical (unpaired) electrons. The molecule has 1 N–H and O–H groups in total. The first-order valence-corrected chi connectivity index (χ1v) is 7.12. The van der Waals surface area contributed by atoms with E-state index in [2.05, 4.69) is 0 Å². The first-order chi connectivity index (χ1) is 9.18. The molecule has 19 heavy (non-hydrogen) atoms. The number of nitrogens with zero attached hydrogens (tertiary/aromatic N) is 1. The average molecular weight is 281 g/mol. The third-order valence-electron chi connectivity index (χ3n) is 2.85. The summed E-state index contributed by atoms with van der Waals surface area (Å²) in [5.74, 6) is 0.170. The number of carbonyl (C=O) groups is 2. The van der Waals surface area contributed by atoms with Crippen molar-refractivity contribution >= 4 is 23.8 Å². The minimum Gasteiger partial charge on any atom is -0.480 e. The second kappa shape index (κ2) is 6.47. The lowest BCUT2D eigenvalue weighted by molar-refractivity contribution is -0.141. The maximum absolute atomic E-state index is 11.9. The van der Waals surface area contributed by atoms with Gasteiger partial charge in [-0.05, 0) is 5.56 Å². The number of ether oxygens (including phenoxy) is 1. The Labute approximate surface area is 115 Å². The second-order valence-corrected chi connectivity index (χ2v) is 5.31. The van der Waals surface area contributed by atoms with Crippen molar-refractivity contribution in [2.45, 2.75) is 12.6 Å². The number of carboxylic acids is 1. The van der Waals surface area contributed by atoms with E-state index in [-0.39, 0.29) is 6.61 Å². The number of carboxylic acid groups (broad SMARTS) is 1. The number of carbonyl (C=O) groups excluding carboxylic acids is 1. The van der Waals surface area contributed by atoms with Crippen molar-refractivity contribution in [3.8, 4) is 0 Å². The lowest BCUT2D eigenvalue weighted by atomic mass is 10.2. The topological polar surface area (TPSA) is 66.8 Å². The summed E-state index contributed by atoms with van der Waals surface area (Å²) < 4.78 is 5.16. The van der Waals surface area contributed by atoms with Gasteiger partial charge in [-0.1, -0.05) is 30.3 Å². The van der Waals surface area contributed by atoms with Crippen molar-refractivity contribution in [3.63, 3.8) is 0 Å². The van der Waals surface area contributed by atoms with Gasteiger partial charge in [0.25, 0.3) is 0 Å². The first kappa shape index (κ1) is 13.7. The largest absolute Gasteiger partial charge is 0.480 e. The molecule has 1 saturated heterocycles. The van der Waals surface area contributed by atoms with Crippen molar-refractivity contribution in [1.29, 1.82) is 0 Å². The van der Waals surface area contributed by atoms with Gasteiger partial charge >= 0.3 is 12.1 Å². The molecule has 0 aromatic heterocycles. The normalized spacial score (nSPS) is 18.9. The molecule has 1 aromatic carbocycles. The van der Waals surface area contributed by atoms with Crippen LogP contribution in [0, 0.1) is 0 Å². The number of benzene rings is 1. The zero-order chi connectivity index (χ0) is 13.7. The maximum Gasteiger partial charge on any atom is 0.410 e. The highest BCUT2D eigenvalue weighted by molar-refractivity contribution is 7.99.